The van der Waals surface area contributed by atoms with Crippen molar-refractivity contribution in [3.05, 3.63) is 41.3 Å². The Morgan fingerprint density at radius 2 is 1.89 bits per heavy atom. The van der Waals surface area contributed by atoms with E-state index < -0.39 is 0 Å². The highest BCUT2D eigenvalue weighted by molar-refractivity contribution is 5.61. The van der Waals surface area contributed by atoms with E-state index >= 15 is 0 Å². The first-order valence-electron chi connectivity index (χ1n) is 5.95. The van der Waals surface area contributed by atoms with E-state index in [0.29, 0.717) is 5.95 Å². The number of aromatic nitrogens is 2. The minimum absolute atomic E-state index is 0.244. The molecular weight excluding hydrogens is 229 g/mol. The fourth-order valence-corrected chi connectivity index (χ4v) is 1.84. The highest BCUT2D eigenvalue weighted by Crippen LogP contribution is 2.21. The molecule has 0 saturated heterocycles. The summed E-state index contributed by atoms with van der Waals surface area (Å²) in [7, 11) is 0. The summed E-state index contributed by atoms with van der Waals surface area (Å²) in [6, 6.07) is 6.77. The zero-order valence-electron chi connectivity index (χ0n) is 10.8. The normalized spacial score (nSPS) is 10.4. The number of nitrogens with one attached hydrogen (secondary N) is 1. The Balaban J connectivity index is 2.49. The third-order valence-corrected chi connectivity index (χ3v) is 2.53. The number of benzene rings is 1. The first-order chi connectivity index (χ1) is 8.58. The van der Waals surface area contributed by atoms with Gasteiger partial charge in [0.15, 0.2) is 0 Å². The number of aryl methyl sites for hydroxylation is 2. The molecule has 2 rings (SSSR count). The Bertz CT molecular complexity index is 547. The maximum Gasteiger partial charge on any atom is 0.223 e. The van der Waals surface area contributed by atoms with Crippen molar-refractivity contribution >= 4 is 5.95 Å². The van der Waals surface area contributed by atoms with Crippen LogP contribution in [-0.4, -0.2) is 16.5 Å². The molecule has 4 heteroatoms. The van der Waals surface area contributed by atoms with E-state index in [1.54, 1.807) is 0 Å². The minimum Gasteiger partial charge on any atom is -0.354 e. The molecular formula is C14H16FN3. The third-order valence-electron chi connectivity index (χ3n) is 2.53. The largest absolute Gasteiger partial charge is 0.354 e. The molecule has 0 bridgehead atoms. The lowest BCUT2D eigenvalue weighted by Crippen LogP contribution is -2.04. The van der Waals surface area contributed by atoms with Gasteiger partial charge < -0.3 is 5.32 Å². The SMILES string of the molecule is CCNc1nc(C)cc(-c2cc(C)cc(F)c2)n1. The molecule has 94 valence electrons. The number of anilines is 1. The number of hydrogen-bond acceptors (Lipinski definition) is 3. The van der Waals surface area contributed by atoms with Crippen LogP contribution in [0.1, 0.15) is 18.2 Å². The van der Waals surface area contributed by atoms with Crippen molar-refractivity contribution in [3.8, 4) is 11.3 Å². The fraction of sp³-hybridized carbons (Fsp3) is 0.286. The first kappa shape index (κ1) is 12.5. The summed E-state index contributed by atoms with van der Waals surface area (Å²) in [5.74, 6) is 0.334. The monoisotopic (exact) mass is 245 g/mol. The average molecular weight is 245 g/mol. The van der Waals surface area contributed by atoms with Crippen LogP contribution >= 0.6 is 0 Å². The molecule has 0 spiro atoms. The summed E-state index contributed by atoms with van der Waals surface area (Å²) in [6.07, 6.45) is 0. The van der Waals surface area contributed by atoms with Crippen LogP contribution in [-0.2, 0) is 0 Å². The molecule has 1 aromatic carbocycles. The molecule has 0 unspecified atom stereocenters. The fourth-order valence-electron chi connectivity index (χ4n) is 1.84. The topological polar surface area (TPSA) is 37.8 Å². The van der Waals surface area contributed by atoms with Crippen LogP contribution in [0.15, 0.2) is 24.3 Å². The molecule has 0 aliphatic carbocycles. The quantitative estimate of drug-likeness (QED) is 0.901. The molecule has 0 radical (unpaired) electrons. The molecule has 0 aliphatic heterocycles. The van der Waals surface area contributed by atoms with Crippen molar-refractivity contribution < 1.29 is 4.39 Å². The summed E-state index contributed by atoms with van der Waals surface area (Å²) < 4.78 is 13.4. The van der Waals surface area contributed by atoms with Crippen molar-refractivity contribution in [2.24, 2.45) is 0 Å². The maximum absolute atomic E-state index is 13.4. The highest BCUT2D eigenvalue weighted by Gasteiger charge is 2.06. The number of rotatable bonds is 3. The van der Waals surface area contributed by atoms with E-state index in [4.69, 9.17) is 0 Å². The van der Waals surface area contributed by atoms with Gasteiger partial charge in [0.05, 0.1) is 5.69 Å². The van der Waals surface area contributed by atoms with Crippen molar-refractivity contribution in [1.82, 2.24) is 9.97 Å². The molecule has 0 atom stereocenters. The van der Waals surface area contributed by atoms with Crippen LogP contribution in [0.25, 0.3) is 11.3 Å². The third kappa shape index (κ3) is 2.83. The van der Waals surface area contributed by atoms with Gasteiger partial charge in [0, 0.05) is 17.8 Å². The molecule has 0 fully saturated rings. The molecule has 0 saturated carbocycles. The average Bonchev–Trinajstić information content (AvgIpc) is 2.27. The lowest BCUT2D eigenvalue weighted by atomic mass is 10.1. The first-order valence-corrected chi connectivity index (χ1v) is 5.95. The van der Waals surface area contributed by atoms with Crippen molar-refractivity contribution in [3.63, 3.8) is 0 Å². The van der Waals surface area contributed by atoms with Crippen LogP contribution in [0, 0.1) is 19.7 Å². The lowest BCUT2D eigenvalue weighted by Gasteiger charge is -2.07. The summed E-state index contributed by atoms with van der Waals surface area (Å²) in [5.41, 5.74) is 3.25. The van der Waals surface area contributed by atoms with Crippen molar-refractivity contribution in [2.45, 2.75) is 20.8 Å². The molecule has 1 aromatic heterocycles. The zero-order chi connectivity index (χ0) is 13.1. The summed E-state index contributed by atoms with van der Waals surface area (Å²) in [5, 5.41) is 3.07. The zero-order valence-corrected chi connectivity index (χ0v) is 10.8. The number of hydrogen-bond donors (Lipinski definition) is 1. The van der Waals surface area contributed by atoms with E-state index in [1.165, 1.54) is 12.1 Å². The van der Waals surface area contributed by atoms with Gasteiger partial charge in [0.2, 0.25) is 5.95 Å². The second-order valence-electron chi connectivity index (χ2n) is 4.27. The second kappa shape index (κ2) is 5.12. The van der Waals surface area contributed by atoms with Gasteiger partial charge in [0.25, 0.3) is 0 Å². The van der Waals surface area contributed by atoms with Gasteiger partial charge >= 0.3 is 0 Å². The van der Waals surface area contributed by atoms with E-state index in [1.807, 2.05) is 32.9 Å². The lowest BCUT2D eigenvalue weighted by molar-refractivity contribution is 0.627. The van der Waals surface area contributed by atoms with Gasteiger partial charge in [-0.2, -0.15) is 0 Å². The van der Waals surface area contributed by atoms with Crippen molar-refractivity contribution in [2.75, 3.05) is 11.9 Å². The van der Waals surface area contributed by atoms with E-state index in [-0.39, 0.29) is 5.82 Å². The van der Waals surface area contributed by atoms with Gasteiger partial charge in [-0.15, -0.1) is 0 Å². The predicted molar refractivity (Wildman–Crippen MR) is 71.1 cm³/mol. The molecule has 1 N–H and O–H groups in total. The molecule has 1 heterocycles. The Morgan fingerprint density at radius 3 is 2.56 bits per heavy atom. The molecule has 2 aromatic rings. The highest BCUT2D eigenvalue weighted by atomic mass is 19.1. The van der Waals surface area contributed by atoms with E-state index in [9.17, 15) is 4.39 Å². The van der Waals surface area contributed by atoms with Crippen LogP contribution < -0.4 is 5.32 Å². The standard InChI is InChI=1S/C14H16FN3/c1-4-16-14-17-10(3)7-13(18-14)11-5-9(2)6-12(15)8-11/h5-8H,4H2,1-3H3,(H,16,17,18). The van der Waals surface area contributed by atoms with Crippen LogP contribution in [0.2, 0.25) is 0 Å². The van der Waals surface area contributed by atoms with Gasteiger partial charge in [-0.05, 0) is 50.6 Å². The predicted octanol–water partition coefficient (Wildman–Crippen LogP) is 3.33. The van der Waals surface area contributed by atoms with Gasteiger partial charge in [-0.3, -0.25) is 0 Å². The Kier molecular flexibility index (Phi) is 3.55. The molecule has 0 amide bonds. The molecule has 18 heavy (non-hydrogen) atoms. The minimum atomic E-state index is -0.244. The second-order valence-corrected chi connectivity index (χ2v) is 4.27. The van der Waals surface area contributed by atoms with Crippen LogP contribution in [0.4, 0.5) is 10.3 Å². The Labute approximate surface area is 106 Å². The van der Waals surface area contributed by atoms with Crippen LogP contribution in [0.3, 0.4) is 0 Å². The number of halogens is 1. The molecule has 0 aliphatic rings. The molecule has 3 nitrogen and oxygen atoms in total. The number of nitrogens with zero attached hydrogens (tertiary/aromatic N) is 2. The van der Waals surface area contributed by atoms with E-state index in [0.717, 1.165) is 29.1 Å². The smallest absolute Gasteiger partial charge is 0.223 e. The van der Waals surface area contributed by atoms with E-state index in [2.05, 4.69) is 15.3 Å². The Morgan fingerprint density at radius 1 is 1.11 bits per heavy atom. The van der Waals surface area contributed by atoms with Gasteiger partial charge in [0.1, 0.15) is 5.82 Å². The van der Waals surface area contributed by atoms with Gasteiger partial charge in [-0.25, -0.2) is 14.4 Å². The van der Waals surface area contributed by atoms with Gasteiger partial charge in [-0.1, -0.05) is 0 Å². The maximum atomic E-state index is 13.4. The van der Waals surface area contributed by atoms with Crippen LogP contribution in [0.5, 0.6) is 0 Å². The summed E-state index contributed by atoms with van der Waals surface area (Å²) >= 11 is 0. The van der Waals surface area contributed by atoms with Crippen molar-refractivity contribution in [1.29, 1.82) is 0 Å². The Hall–Kier alpha value is -1.97. The summed E-state index contributed by atoms with van der Waals surface area (Å²) in [4.78, 5) is 8.66. The summed E-state index contributed by atoms with van der Waals surface area (Å²) in [6.45, 7) is 6.51.